The van der Waals surface area contributed by atoms with Gasteiger partial charge in [-0.25, -0.2) is 4.98 Å². The number of thiazole rings is 1. The average molecular weight is 192 g/mol. The first-order valence-corrected chi connectivity index (χ1v) is 4.53. The Hall–Kier alpha value is -1.69. The van der Waals surface area contributed by atoms with Gasteiger partial charge in [-0.05, 0) is 0 Å². The van der Waals surface area contributed by atoms with Gasteiger partial charge in [0.1, 0.15) is 5.39 Å². The van der Waals surface area contributed by atoms with Gasteiger partial charge in [0, 0.05) is 11.6 Å². The molecule has 3 aromatic heterocycles. The largest absolute Gasteiger partial charge is 0.269 e. The molecule has 0 unspecified atom stereocenters. The van der Waals surface area contributed by atoms with Crippen LogP contribution in [0.25, 0.3) is 16.0 Å². The fourth-order valence-corrected chi connectivity index (χ4v) is 1.96. The van der Waals surface area contributed by atoms with Gasteiger partial charge in [-0.1, -0.05) is 0 Å². The van der Waals surface area contributed by atoms with Crippen molar-refractivity contribution in [2.24, 2.45) is 0 Å². The summed E-state index contributed by atoms with van der Waals surface area (Å²) in [6, 6.07) is 0. The third-order valence-electron chi connectivity index (χ3n) is 1.87. The third-order valence-corrected chi connectivity index (χ3v) is 2.62. The van der Waals surface area contributed by atoms with Crippen molar-refractivity contribution in [3.05, 3.63) is 28.1 Å². The first-order valence-electron chi connectivity index (χ1n) is 3.65. The van der Waals surface area contributed by atoms with Crippen molar-refractivity contribution in [1.29, 1.82) is 0 Å². The van der Waals surface area contributed by atoms with Crippen LogP contribution in [0, 0.1) is 0 Å². The monoisotopic (exact) mass is 192 g/mol. The molecule has 13 heavy (non-hydrogen) atoms. The van der Waals surface area contributed by atoms with Crippen LogP contribution < -0.4 is 5.56 Å². The topological polar surface area (TPSA) is 63.0 Å². The van der Waals surface area contributed by atoms with Gasteiger partial charge in [0.05, 0.1) is 6.20 Å². The van der Waals surface area contributed by atoms with Crippen molar-refractivity contribution in [1.82, 2.24) is 19.6 Å². The molecule has 0 aromatic carbocycles. The predicted octanol–water partition coefficient (Wildman–Crippen LogP) is 0.632. The molecule has 0 saturated carbocycles. The second-order valence-corrected chi connectivity index (χ2v) is 3.48. The predicted molar refractivity (Wildman–Crippen MR) is 49.0 cm³/mol. The number of fused-ring (bicyclic) bond motifs is 2. The summed E-state index contributed by atoms with van der Waals surface area (Å²) in [6.45, 7) is 0. The lowest BCUT2D eigenvalue weighted by Gasteiger charge is -1.90. The molecule has 1 N–H and O–H groups in total. The van der Waals surface area contributed by atoms with E-state index in [2.05, 4.69) is 15.2 Å². The van der Waals surface area contributed by atoms with E-state index in [9.17, 15) is 4.79 Å². The maximum Gasteiger partial charge on any atom is 0.269 e. The molecular weight excluding hydrogens is 188 g/mol. The van der Waals surface area contributed by atoms with Gasteiger partial charge < -0.3 is 0 Å². The fraction of sp³-hybridized carbons (Fsp3) is 0. The smallest absolute Gasteiger partial charge is 0.268 e. The van der Waals surface area contributed by atoms with Crippen molar-refractivity contribution in [3.8, 4) is 0 Å². The molecule has 0 fully saturated rings. The summed E-state index contributed by atoms with van der Waals surface area (Å²) in [5.41, 5.74) is 0.474. The Morgan fingerprint density at radius 1 is 1.54 bits per heavy atom. The van der Waals surface area contributed by atoms with Gasteiger partial charge >= 0.3 is 0 Å². The average Bonchev–Trinajstić information content (AvgIpc) is 2.71. The number of nitrogens with zero attached hydrogens (tertiary/aromatic N) is 3. The Morgan fingerprint density at radius 3 is 3.38 bits per heavy atom. The molecule has 3 heterocycles. The summed E-state index contributed by atoms with van der Waals surface area (Å²) in [6.07, 6.45) is 3.20. The molecule has 0 aliphatic carbocycles. The number of hydrogen-bond donors (Lipinski definition) is 1. The summed E-state index contributed by atoms with van der Waals surface area (Å²) >= 11 is 1.42. The Bertz CT molecular complexity index is 583. The minimum absolute atomic E-state index is 0.0741. The van der Waals surface area contributed by atoms with Crippen LogP contribution in [0.3, 0.4) is 0 Å². The molecule has 3 rings (SSSR count). The van der Waals surface area contributed by atoms with E-state index in [0.717, 1.165) is 0 Å². The molecule has 5 nitrogen and oxygen atoms in total. The van der Waals surface area contributed by atoms with Crippen molar-refractivity contribution >= 4 is 27.3 Å². The standard InChI is InChI=1S/C7H4N4OS/c12-6-4-3-8-10-5(4)9-7-11(6)1-2-13-7/h1-3H,(H,8,10). The molecule has 3 aromatic rings. The number of rotatable bonds is 0. The van der Waals surface area contributed by atoms with Gasteiger partial charge in [0.25, 0.3) is 5.56 Å². The van der Waals surface area contributed by atoms with Crippen molar-refractivity contribution in [3.63, 3.8) is 0 Å². The highest BCUT2D eigenvalue weighted by Crippen LogP contribution is 2.09. The van der Waals surface area contributed by atoms with E-state index in [4.69, 9.17) is 0 Å². The van der Waals surface area contributed by atoms with E-state index in [-0.39, 0.29) is 5.56 Å². The molecule has 0 aliphatic heterocycles. The molecular formula is C7H4N4OS. The van der Waals surface area contributed by atoms with E-state index in [1.54, 1.807) is 6.20 Å². The summed E-state index contributed by atoms with van der Waals surface area (Å²) in [5, 5.41) is 8.80. The second kappa shape index (κ2) is 2.17. The third kappa shape index (κ3) is 0.775. The number of aromatic amines is 1. The minimum atomic E-state index is -0.0741. The van der Waals surface area contributed by atoms with E-state index in [1.165, 1.54) is 21.9 Å². The molecule has 0 spiro atoms. The normalized spacial score (nSPS) is 11.4. The van der Waals surface area contributed by atoms with Crippen molar-refractivity contribution < 1.29 is 0 Å². The number of aromatic nitrogens is 4. The first kappa shape index (κ1) is 6.79. The Morgan fingerprint density at radius 2 is 2.46 bits per heavy atom. The summed E-state index contributed by atoms with van der Waals surface area (Å²) in [4.78, 5) is 16.6. The van der Waals surface area contributed by atoms with Gasteiger partial charge in [0.15, 0.2) is 10.6 Å². The summed E-state index contributed by atoms with van der Waals surface area (Å²) in [7, 11) is 0. The quantitative estimate of drug-likeness (QED) is 0.568. The number of nitrogens with one attached hydrogen (secondary N) is 1. The Balaban J connectivity index is 2.76. The zero-order valence-corrected chi connectivity index (χ0v) is 7.21. The van der Waals surface area contributed by atoms with Gasteiger partial charge in [-0.15, -0.1) is 11.3 Å². The first-order chi connectivity index (χ1) is 6.36. The van der Waals surface area contributed by atoms with E-state index in [1.807, 2.05) is 5.38 Å². The van der Waals surface area contributed by atoms with Crippen LogP contribution in [0.2, 0.25) is 0 Å². The lowest BCUT2D eigenvalue weighted by atomic mass is 10.4. The number of hydrogen-bond acceptors (Lipinski definition) is 4. The van der Waals surface area contributed by atoms with Crippen molar-refractivity contribution in [2.75, 3.05) is 0 Å². The molecule has 0 radical (unpaired) electrons. The van der Waals surface area contributed by atoms with Crippen LogP contribution in [0.5, 0.6) is 0 Å². The highest BCUT2D eigenvalue weighted by molar-refractivity contribution is 7.15. The highest BCUT2D eigenvalue weighted by atomic mass is 32.1. The molecule has 64 valence electrons. The molecule has 0 aliphatic rings. The van der Waals surface area contributed by atoms with Crippen LogP contribution in [-0.4, -0.2) is 19.6 Å². The second-order valence-electron chi connectivity index (χ2n) is 2.60. The zero-order valence-electron chi connectivity index (χ0n) is 6.39. The molecule has 0 bridgehead atoms. The van der Waals surface area contributed by atoms with Gasteiger partial charge in [-0.3, -0.25) is 14.3 Å². The van der Waals surface area contributed by atoms with E-state index < -0.39 is 0 Å². The Kier molecular flexibility index (Phi) is 1.13. The zero-order chi connectivity index (χ0) is 8.84. The minimum Gasteiger partial charge on any atom is -0.268 e. The maximum atomic E-state index is 11.7. The molecule has 0 amide bonds. The van der Waals surface area contributed by atoms with E-state index >= 15 is 0 Å². The van der Waals surface area contributed by atoms with Crippen LogP contribution in [0.4, 0.5) is 0 Å². The van der Waals surface area contributed by atoms with Crippen LogP contribution in [-0.2, 0) is 0 Å². The van der Waals surface area contributed by atoms with Gasteiger partial charge in [0.2, 0.25) is 0 Å². The van der Waals surface area contributed by atoms with Crippen LogP contribution in [0.1, 0.15) is 0 Å². The van der Waals surface area contributed by atoms with Crippen LogP contribution in [0.15, 0.2) is 22.6 Å². The SMILES string of the molecule is O=c1c2cn[nH]c2nc2sccn12. The van der Waals surface area contributed by atoms with E-state index in [0.29, 0.717) is 16.0 Å². The lowest BCUT2D eigenvalue weighted by Crippen LogP contribution is -2.11. The summed E-state index contributed by atoms with van der Waals surface area (Å²) < 4.78 is 1.52. The van der Waals surface area contributed by atoms with Crippen LogP contribution >= 0.6 is 11.3 Å². The molecule has 0 atom stereocenters. The maximum absolute atomic E-state index is 11.7. The van der Waals surface area contributed by atoms with Crippen molar-refractivity contribution in [2.45, 2.75) is 0 Å². The highest BCUT2D eigenvalue weighted by Gasteiger charge is 2.06. The lowest BCUT2D eigenvalue weighted by molar-refractivity contribution is 1.08. The van der Waals surface area contributed by atoms with Gasteiger partial charge in [-0.2, -0.15) is 5.10 Å². The Labute approximate surface area is 75.7 Å². The molecule has 6 heteroatoms. The molecule has 0 saturated heterocycles. The fourth-order valence-electron chi connectivity index (χ4n) is 1.25. The summed E-state index contributed by atoms with van der Waals surface area (Å²) in [5.74, 6) is 0. The number of H-pyrrole nitrogens is 1.